The molecular weight excluding hydrogens is 470 g/mol. The first kappa shape index (κ1) is 33.4. The minimum Gasteiger partial charge on any atom is -0.483 e. The normalized spacial score (nSPS) is 19.3. The average Bonchev–Trinajstić information content (AvgIpc) is 3.85. The standard InChI is InChI=1S/C24H31N3O2.C4H10.C3H6.C2H6.H2/c1-3-25-16-22-17-29-23(13-18(22)2)24(28)27-15-21-8-6-20(7-9-21)14-19-5-4-11-26-12-10-19;1-3-4-2;1-2-3-1;1-2;/h3,6-9,13,16,19,26H,2,4-5,10-12,14-15,17H2,1H3,(H,27,28);3-4H2,1-2H3;1-3H2;1-2H3;1H/b22-16-,25-3?;;;;. The van der Waals surface area contributed by atoms with Crippen molar-refractivity contribution in [3.8, 4) is 0 Å². The van der Waals surface area contributed by atoms with Gasteiger partial charge < -0.3 is 15.4 Å². The molecule has 2 heterocycles. The Balaban J connectivity index is 0.00000125. The van der Waals surface area contributed by atoms with Crippen LogP contribution in [0, 0.1) is 5.92 Å². The number of nitrogens with zero attached hydrogens (tertiary/aromatic N) is 1. The van der Waals surface area contributed by atoms with Gasteiger partial charge in [-0.2, -0.15) is 0 Å². The molecule has 214 valence electrons. The Morgan fingerprint density at radius 2 is 1.74 bits per heavy atom. The molecule has 2 aliphatic heterocycles. The monoisotopic (exact) mass is 525 g/mol. The molecule has 1 saturated heterocycles. The van der Waals surface area contributed by atoms with E-state index in [0.29, 0.717) is 18.9 Å². The Labute approximate surface area is 234 Å². The molecule has 1 unspecified atom stereocenters. The Morgan fingerprint density at radius 3 is 2.32 bits per heavy atom. The molecule has 1 aromatic carbocycles. The Kier molecular flexibility index (Phi) is 18.7. The van der Waals surface area contributed by atoms with E-state index in [2.05, 4.69) is 60.3 Å². The highest BCUT2D eigenvalue weighted by Crippen LogP contribution is 2.21. The summed E-state index contributed by atoms with van der Waals surface area (Å²) in [5.74, 6) is 0.839. The van der Waals surface area contributed by atoms with Gasteiger partial charge in [0.2, 0.25) is 0 Å². The third-order valence-electron chi connectivity index (χ3n) is 6.25. The van der Waals surface area contributed by atoms with E-state index in [1.807, 2.05) is 20.8 Å². The van der Waals surface area contributed by atoms with Crippen LogP contribution in [0.15, 0.2) is 65.0 Å². The predicted octanol–water partition coefficient (Wildman–Crippen LogP) is 7.93. The van der Waals surface area contributed by atoms with Crippen molar-refractivity contribution in [2.75, 3.05) is 19.7 Å². The van der Waals surface area contributed by atoms with Crippen LogP contribution in [0.4, 0.5) is 0 Å². The molecule has 0 bridgehead atoms. The Hall–Kier alpha value is -2.66. The van der Waals surface area contributed by atoms with Crippen LogP contribution in [-0.2, 0) is 22.5 Å². The maximum Gasteiger partial charge on any atom is 0.286 e. The number of allylic oxidation sites excluding steroid dienone is 1. The minimum absolute atomic E-state index is 0. The largest absolute Gasteiger partial charge is 0.483 e. The summed E-state index contributed by atoms with van der Waals surface area (Å²) in [5.41, 5.74) is 4.08. The molecule has 1 saturated carbocycles. The zero-order chi connectivity index (χ0) is 28.0. The fraction of sp³-hybridized carbons (Fsp3) is 0.576. The summed E-state index contributed by atoms with van der Waals surface area (Å²) in [6.45, 7) is 17.2. The predicted molar refractivity (Wildman–Crippen MR) is 166 cm³/mol. The van der Waals surface area contributed by atoms with E-state index < -0.39 is 0 Å². The van der Waals surface area contributed by atoms with Gasteiger partial charge in [-0.25, -0.2) is 0 Å². The van der Waals surface area contributed by atoms with E-state index in [9.17, 15) is 4.79 Å². The number of benzene rings is 1. The first-order valence-electron chi connectivity index (χ1n) is 14.8. The number of ether oxygens (including phenoxy) is 1. The summed E-state index contributed by atoms with van der Waals surface area (Å²) >= 11 is 0. The van der Waals surface area contributed by atoms with Gasteiger partial charge in [0.15, 0.2) is 5.76 Å². The van der Waals surface area contributed by atoms with Gasteiger partial charge in [0, 0.05) is 26.0 Å². The lowest BCUT2D eigenvalue weighted by Crippen LogP contribution is -2.27. The van der Waals surface area contributed by atoms with Crippen molar-refractivity contribution >= 4 is 12.1 Å². The van der Waals surface area contributed by atoms with Crippen molar-refractivity contribution in [2.24, 2.45) is 10.9 Å². The number of hydrogen-bond acceptors (Lipinski definition) is 4. The molecule has 5 heteroatoms. The molecule has 0 aromatic heterocycles. The number of carbonyl (C=O) groups excluding carboxylic acids is 1. The highest BCUT2D eigenvalue weighted by atomic mass is 16.5. The number of nitrogens with one attached hydrogen (secondary N) is 2. The van der Waals surface area contributed by atoms with Crippen LogP contribution in [0.3, 0.4) is 0 Å². The Bertz CT molecular complexity index is 876. The molecule has 1 atom stereocenters. The van der Waals surface area contributed by atoms with Crippen molar-refractivity contribution in [3.05, 3.63) is 71.2 Å². The third-order valence-corrected chi connectivity index (χ3v) is 6.25. The van der Waals surface area contributed by atoms with Gasteiger partial charge in [-0.05, 0) is 74.4 Å². The second kappa shape index (κ2) is 21.3. The lowest BCUT2D eigenvalue weighted by molar-refractivity contribution is -0.121. The van der Waals surface area contributed by atoms with Gasteiger partial charge in [0.25, 0.3) is 5.91 Å². The van der Waals surface area contributed by atoms with Gasteiger partial charge in [0.1, 0.15) is 6.61 Å². The summed E-state index contributed by atoms with van der Waals surface area (Å²) in [5, 5.41) is 6.40. The van der Waals surface area contributed by atoms with E-state index in [1.54, 1.807) is 18.5 Å². The molecule has 38 heavy (non-hydrogen) atoms. The molecule has 2 fully saturated rings. The molecule has 0 spiro atoms. The first-order valence-corrected chi connectivity index (χ1v) is 14.8. The maximum atomic E-state index is 12.4. The zero-order valence-corrected chi connectivity index (χ0v) is 24.8. The minimum atomic E-state index is -0.223. The van der Waals surface area contributed by atoms with Crippen LogP contribution >= 0.6 is 0 Å². The number of aliphatic imine (C=N–C) groups is 1. The van der Waals surface area contributed by atoms with Crippen molar-refractivity contribution < 1.29 is 11.0 Å². The van der Waals surface area contributed by atoms with Gasteiger partial charge in [-0.1, -0.05) is 90.6 Å². The number of amides is 1. The quantitative estimate of drug-likeness (QED) is 0.355. The van der Waals surface area contributed by atoms with Gasteiger partial charge in [-0.15, -0.1) is 0 Å². The van der Waals surface area contributed by atoms with Crippen molar-refractivity contribution in [2.45, 2.75) is 99.0 Å². The molecule has 4 rings (SSSR count). The fourth-order valence-corrected chi connectivity index (χ4v) is 3.65. The number of hydrogen-bond donors (Lipinski definition) is 2. The molecular formula is C33H55N3O2. The summed E-state index contributed by atoms with van der Waals surface area (Å²) in [6, 6.07) is 8.57. The van der Waals surface area contributed by atoms with Crippen LogP contribution in [-0.4, -0.2) is 31.8 Å². The molecule has 3 aliphatic rings. The van der Waals surface area contributed by atoms with E-state index in [-0.39, 0.29) is 7.33 Å². The summed E-state index contributed by atoms with van der Waals surface area (Å²) in [7, 11) is 0. The highest BCUT2D eigenvalue weighted by molar-refractivity contribution is 5.92. The summed E-state index contributed by atoms with van der Waals surface area (Å²) in [6.07, 6.45) is 17.2. The van der Waals surface area contributed by atoms with Crippen LogP contribution in [0.25, 0.3) is 0 Å². The van der Waals surface area contributed by atoms with E-state index in [4.69, 9.17) is 4.74 Å². The topological polar surface area (TPSA) is 62.7 Å². The highest BCUT2D eigenvalue weighted by Gasteiger charge is 2.18. The second-order valence-corrected chi connectivity index (χ2v) is 9.69. The van der Waals surface area contributed by atoms with Crippen LogP contribution in [0.2, 0.25) is 0 Å². The zero-order valence-electron chi connectivity index (χ0n) is 24.8. The number of carbonyl (C=O) groups is 1. The SMILES string of the molecule is C1CC1.C=C1C=C(C(=O)NCc2ccc(CC3CCCNCC3)cc2)OC/C1=C/N=CC.CC.CCCC.[HH]. The average molecular weight is 526 g/mol. The fourth-order valence-electron chi connectivity index (χ4n) is 3.65. The first-order chi connectivity index (χ1) is 18.6. The van der Waals surface area contributed by atoms with Crippen molar-refractivity contribution in [1.82, 2.24) is 10.6 Å². The molecule has 2 N–H and O–H groups in total. The number of rotatable bonds is 7. The van der Waals surface area contributed by atoms with E-state index >= 15 is 0 Å². The van der Waals surface area contributed by atoms with Crippen molar-refractivity contribution in [3.63, 3.8) is 0 Å². The Morgan fingerprint density at radius 1 is 1.08 bits per heavy atom. The van der Waals surface area contributed by atoms with Gasteiger partial charge in [0.05, 0.1) is 0 Å². The molecule has 1 amide bonds. The van der Waals surface area contributed by atoms with Crippen LogP contribution < -0.4 is 10.6 Å². The molecule has 1 aromatic rings. The van der Waals surface area contributed by atoms with E-state index in [0.717, 1.165) is 42.1 Å². The third kappa shape index (κ3) is 14.9. The lowest BCUT2D eigenvalue weighted by Gasteiger charge is -2.18. The second-order valence-electron chi connectivity index (χ2n) is 9.69. The van der Waals surface area contributed by atoms with Gasteiger partial charge in [-0.3, -0.25) is 9.79 Å². The smallest absolute Gasteiger partial charge is 0.286 e. The molecule has 1 aliphatic carbocycles. The molecule has 5 nitrogen and oxygen atoms in total. The summed E-state index contributed by atoms with van der Waals surface area (Å²) in [4.78, 5) is 16.5. The van der Waals surface area contributed by atoms with Gasteiger partial charge >= 0.3 is 0 Å². The maximum absolute atomic E-state index is 12.4. The lowest BCUT2D eigenvalue weighted by atomic mass is 9.92. The van der Waals surface area contributed by atoms with E-state index in [1.165, 1.54) is 56.9 Å². The number of unbranched alkanes of at least 4 members (excludes halogenated alkanes) is 1. The molecule has 0 radical (unpaired) electrons. The van der Waals surface area contributed by atoms with Crippen molar-refractivity contribution in [1.29, 1.82) is 0 Å². The summed E-state index contributed by atoms with van der Waals surface area (Å²) < 4.78 is 5.56. The van der Waals surface area contributed by atoms with Crippen LogP contribution in [0.5, 0.6) is 0 Å². The van der Waals surface area contributed by atoms with Crippen LogP contribution in [0.1, 0.15) is 98.5 Å².